The van der Waals surface area contributed by atoms with Gasteiger partial charge >= 0.3 is 5.97 Å². The molecular weight excluding hydrogens is 296 g/mol. The van der Waals surface area contributed by atoms with Crippen molar-refractivity contribution < 1.29 is 14.7 Å². The van der Waals surface area contributed by atoms with Crippen LogP contribution in [0.1, 0.15) is 40.9 Å². The number of nitrogens with one attached hydrogen (secondary N) is 1. The Morgan fingerprint density at radius 2 is 2.00 bits per heavy atom. The number of carbonyl (C=O) groups excluding carboxylic acids is 1. The average Bonchev–Trinajstić information content (AvgIpc) is 2.81. The molecule has 0 aliphatic heterocycles. The summed E-state index contributed by atoms with van der Waals surface area (Å²) >= 11 is 5.92. The van der Waals surface area contributed by atoms with E-state index in [1.165, 1.54) is 18.5 Å². The SMILES string of the molecule is CC(C)n1cc(Cl)cc1C(=O)Nc1nccnc1C(=O)O. The van der Waals surface area contributed by atoms with Crippen LogP contribution in [-0.2, 0) is 0 Å². The van der Waals surface area contributed by atoms with Gasteiger partial charge in [-0.2, -0.15) is 0 Å². The number of aromatic carboxylic acids is 1. The molecule has 0 unspecified atom stereocenters. The fourth-order valence-corrected chi connectivity index (χ4v) is 2.02. The monoisotopic (exact) mass is 308 g/mol. The lowest BCUT2D eigenvalue weighted by Crippen LogP contribution is -2.20. The molecule has 110 valence electrons. The van der Waals surface area contributed by atoms with Gasteiger partial charge in [0.25, 0.3) is 5.91 Å². The molecule has 0 aliphatic carbocycles. The minimum absolute atomic E-state index is 0.0269. The van der Waals surface area contributed by atoms with Gasteiger partial charge in [0.05, 0.1) is 5.02 Å². The maximum Gasteiger partial charge on any atom is 0.358 e. The predicted octanol–water partition coefficient (Wildman–Crippen LogP) is 2.46. The highest BCUT2D eigenvalue weighted by Gasteiger charge is 2.19. The van der Waals surface area contributed by atoms with Crippen molar-refractivity contribution in [2.75, 3.05) is 5.32 Å². The number of rotatable bonds is 4. The van der Waals surface area contributed by atoms with Gasteiger partial charge in [0, 0.05) is 24.6 Å². The fraction of sp³-hybridized carbons (Fsp3) is 0.231. The molecule has 2 rings (SSSR count). The summed E-state index contributed by atoms with van der Waals surface area (Å²) in [5, 5.41) is 11.9. The second kappa shape index (κ2) is 5.92. The normalized spacial score (nSPS) is 10.7. The van der Waals surface area contributed by atoms with Gasteiger partial charge in [-0.3, -0.25) is 4.79 Å². The zero-order valence-electron chi connectivity index (χ0n) is 11.4. The van der Waals surface area contributed by atoms with Crippen LogP contribution < -0.4 is 5.32 Å². The highest BCUT2D eigenvalue weighted by atomic mass is 35.5. The van der Waals surface area contributed by atoms with Crippen molar-refractivity contribution in [1.29, 1.82) is 0 Å². The van der Waals surface area contributed by atoms with Gasteiger partial charge < -0.3 is 15.0 Å². The van der Waals surface area contributed by atoms with Gasteiger partial charge in [0.1, 0.15) is 5.69 Å². The lowest BCUT2D eigenvalue weighted by atomic mass is 10.3. The van der Waals surface area contributed by atoms with E-state index in [1.807, 2.05) is 13.8 Å². The lowest BCUT2D eigenvalue weighted by molar-refractivity contribution is 0.0691. The molecular formula is C13H13ClN4O3. The van der Waals surface area contributed by atoms with E-state index in [0.717, 1.165) is 0 Å². The summed E-state index contributed by atoms with van der Waals surface area (Å²) in [7, 11) is 0. The molecule has 0 bridgehead atoms. The Hall–Kier alpha value is -2.41. The van der Waals surface area contributed by atoms with Crippen molar-refractivity contribution in [1.82, 2.24) is 14.5 Å². The standard InChI is InChI=1S/C13H13ClN4O3/c1-7(2)18-6-8(14)5-9(18)12(19)17-11-10(13(20)21)15-3-4-16-11/h3-7H,1-2H3,(H,20,21)(H,16,17,19). The van der Waals surface area contributed by atoms with Crippen LogP contribution in [0.15, 0.2) is 24.7 Å². The summed E-state index contributed by atoms with van der Waals surface area (Å²) in [5.41, 5.74) is -0.00316. The van der Waals surface area contributed by atoms with Crippen LogP contribution in [0.5, 0.6) is 0 Å². The summed E-state index contributed by atoms with van der Waals surface area (Å²) < 4.78 is 1.69. The molecule has 2 N–H and O–H groups in total. The van der Waals surface area contributed by atoms with Crippen LogP contribution >= 0.6 is 11.6 Å². The molecule has 0 radical (unpaired) electrons. The zero-order chi connectivity index (χ0) is 15.6. The van der Waals surface area contributed by atoms with E-state index in [4.69, 9.17) is 16.7 Å². The second-order valence-corrected chi connectivity index (χ2v) is 4.99. The summed E-state index contributed by atoms with van der Waals surface area (Å²) in [6.45, 7) is 3.80. The molecule has 2 aromatic heterocycles. The average molecular weight is 309 g/mol. The number of aromatic nitrogens is 3. The van der Waals surface area contributed by atoms with E-state index in [-0.39, 0.29) is 17.6 Å². The largest absolute Gasteiger partial charge is 0.476 e. The van der Waals surface area contributed by atoms with Crippen molar-refractivity contribution in [2.24, 2.45) is 0 Å². The molecule has 0 spiro atoms. The first kappa shape index (κ1) is 15.0. The number of halogens is 1. The summed E-state index contributed by atoms with van der Waals surface area (Å²) in [5.74, 6) is -1.88. The quantitative estimate of drug-likeness (QED) is 0.904. The van der Waals surface area contributed by atoms with Crippen LogP contribution in [0.4, 0.5) is 5.82 Å². The molecule has 0 fully saturated rings. The van der Waals surface area contributed by atoms with Gasteiger partial charge in [-0.05, 0) is 19.9 Å². The lowest BCUT2D eigenvalue weighted by Gasteiger charge is -2.12. The molecule has 21 heavy (non-hydrogen) atoms. The maximum atomic E-state index is 12.3. The number of hydrogen-bond donors (Lipinski definition) is 2. The van der Waals surface area contributed by atoms with Gasteiger partial charge in [-0.1, -0.05) is 11.6 Å². The molecule has 8 heteroatoms. The molecule has 1 amide bonds. The molecule has 0 saturated heterocycles. The first-order valence-electron chi connectivity index (χ1n) is 6.13. The number of carboxylic acids is 1. The van der Waals surface area contributed by atoms with Gasteiger partial charge in [-0.15, -0.1) is 0 Å². The Morgan fingerprint density at radius 1 is 1.33 bits per heavy atom. The van der Waals surface area contributed by atoms with Crippen LogP contribution in [0, 0.1) is 0 Å². The third-order valence-electron chi connectivity index (χ3n) is 2.74. The number of carboxylic acid groups (broad SMARTS) is 1. The van der Waals surface area contributed by atoms with Crippen molar-refractivity contribution in [3.63, 3.8) is 0 Å². The number of carbonyl (C=O) groups is 2. The van der Waals surface area contributed by atoms with Gasteiger partial charge in [-0.25, -0.2) is 14.8 Å². The predicted molar refractivity (Wildman–Crippen MR) is 76.8 cm³/mol. The Labute approximate surface area is 125 Å². The maximum absolute atomic E-state index is 12.3. The van der Waals surface area contributed by atoms with E-state index >= 15 is 0 Å². The Kier molecular flexibility index (Phi) is 4.23. The summed E-state index contributed by atoms with van der Waals surface area (Å²) in [6.07, 6.45) is 4.18. The second-order valence-electron chi connectivity index (χ2n) is 4.56. The third-order valence-corrected chi connectivity index (χ3v) is 2.94. The van der Waals surface area contributed by atoms with E-state index in [9.17, 15) is 9.59 Å². The van der Waals surface area contributed by atoms with Crippen LogP contribution in [0.25, 0.3) is 0 Å². The first-order chi connectivity index (χ1) is 9.90. The molecule has 0 aliphatic rings. The topological polar surface area (TPSA) is 97.1 Å². The first-order valence-corrected chi connectivity index (χ1v) is 6.51. The third kappa shape index (κ3) is 3.19. The molecule has 2 heterocycles. The molecule has 0 saturated carbocycles. The Morgan fingerprint density at radius 3 is 2.62 bits per heavy atom. The van der Waals surface area contributed by atoms with E-state index < -0.39 is 11.9 Å². The minimum atomic E-state index is -1.27. The highest BCUT2D eigenvalue weighted by Crippen LogP contribution is 2.20. The Bertz CT molecular complexity index is 696. The number of hydrogen-bond acceptors (Lipinski definition) is 4. The molecule has 0 atom stereocenters. The Balaban J connectivity index is 2.33. The fourth-order valence-electron chi connectivity index (χ4n) is 1.81. The van der Waals surface area contributed by atoms with Crippen LogP contribution in [0.2, 0.25) is 5.02 Å². The number of nitrogens with zero attached hydrogens (tertiary/aromatic N) is 3. The van der Waals surface area contributed by atoms with Crippen molar-refractivity contribution in [2.45, 2.75) is 19.9 Å². The smallest absolute Gasteiger partial charge is 0.358 e. The summed E-state index contributed by atoms with van der Waals surface area (Å²) in [6, 6.07) is 1.53. The van der Waals surface area contributed by atoms with Gasteiger partial charge in [0.2, 0.25) is 0 Å². The highest BCUT2D eigenvalue weighted by molar-refractivity contribution is 6.31. The molecule has 0 aromatic carbocycles. The minimum Gasteiger partial charge on any atom is -0.476 e. The van der Waals surface area contributed by atoms with E-state index in [0.29, 0.717) is 10.7 Å². The van der Waals surface area contributed by atoms with Crippen molar-refractivity contribution >= 4 is 29.3 Å². The van der Waals surface area contributed by atoms with Gasteiger partial charge in [0.15, 0.2) is 11.5 Å². The van der Waals surface area contributed by atoms with E-state index in [1.54, 1.807) is 10.8 Å². The van der Waals surface area contributed by atoms with Crippen molar-refractivity contribution in [3.8, 4) is 0 Å². The van der Waals surface area contributed by atoms with Crippen LogP contribution in [-0.4, -0.2) is 31.5 Å². The number of amides is 1. The van der Waals surface area contributed by atoms with Crippen molar-refractivity contribution in [3.05, 3.63) is 41.1 Å². The van der Waals surface area contributed by atoms with Crippen LogP contribution in [0.3, 0.4) is 0 Å². The zero-order valence-corrected chi connectivity index (χ0v) is 12.1. The molecule has 2 aromatic rings. The summed E-state index contributed by atoms with van der Waals surface area (Å²) in [4.78, 5) is 30.8. The molecule has 7 nitrogen and oxygen atoms in total. The number of anilines is 1. The van der Waals surface area contributed by atoms with E-state index in [2.05, 4.69) is 15.3 Å².